The van der Waals surface area contributed by atoms with E-state index in [1.807, 2.05) is 20.8 Å². The zero-order valence-corrected chi connectivity index (χ0v) is 8.84. The van der Waals surface area contributed by atoms with Crippen molar-refractivity contribution in [3.8, 4) is 0 Å². The monoisotopic (exact) mass is 196 g/mol. The Labute approximate surface area is 83.7 Å². The predicted molar refractivity (Wildman–Crippen MR) is 52.7 cm³/mol. The second kappa shape index (κ2) is 4.74. The first-order chi connectivity index (χ1) is 6.70. The average molecular weight is 196 g/mol. The number of aromatic nitrogens is 3. The molecule has 1 heterocycles. The lowest BCUT2D eigenvalue weighted by atomic mass is 10.3. The van der Waals surface area contributed by atoms with Crippen LogP contribution in [0.15, 0.2) is 12.7 Å². The molecule has 1 aromatic rings. The van der Waals surface area contributed by atoms with E-state index in [-0.39, 0.29) is 11.9 Å². The summed E-state index contributed by atoms with van der Waals surface area (Å²) < 4.78 is 1.57. The summed E-state index contributed by atoms with van der Waals surface area (Å²) in [5, 5.41) is 3.95. The smallest absolute Gasteiger partial charge is 0.247 e. The van der Waals surface area contributed by atoms with E-state index in [9.17, 15) is 4.79 Å². The third-order valence-electron chi connectivity index (χ3n) is 2.27. The van der Waals surface area contributed by atoms with Gasteiger partial charge in [-0.1, -0.05) is 0 Å². The van der Waals surface area contributed by atoms with E-state index in [2.05, 4.69) is 10.1 Å². The zero-order chi connectivity index (χ0) is 10.6. The topological polar surface area (TPSA) is 51.0 Å². The lowest BCUT2D eigenvalue weighted by Gasteiger charge is -2.22. The second-order valence-corrected chi connectivity index (χ2v) is 3.06. The maximum Gasteiger partial charge on any atom is 0.247 e. The number of carbonyl (C=O) groups excluding carboxylic acids is 1. The highest BCUT2D eigenvalue weighted by molar-refractivity contribution is 5.79. The Morgan fingerprint density at radius 2 is 2.14 bits per heavy atom. The van der Waals surface area contributed by atoms with Gasteiger partial charge in [-0.05, 0) is 20.8 Å². The first-order valence-corrected chi connectivity index (χ1v) is 4.83. The maximum absolute atomic E-state index is 11.8. The van der Waals surface area contributed by atoms with Gasteiger partial charge in [-0.15, -0.1) is 0 Å². The third kappa shape index (κ3) is 2.10. The maximum atomic E-state index is 11.8. The van der Waals surface area contributed by atoms with Crippen molar-refractivity contribution >= 4 is 5.91 Å². The van der Waals surface area contributed by atoms with E-state index in [0.717, 1.165) is 13.1 Å². The van der Waals surface area contributed by atoms with Gasteiger partial charge in [0.1, 0.15) is 18.7 Å². The van der Waals surface area contributed by atoms with Crippen molar-refractivity contribution in [1.29, 1.82) is 0 Å². The molecule has 0 N–H and O–H groups in total. The quantitative estimate of drug-likeness (QED) is 0.712. The molecule has 0 aliphatic rings. The highest BCUT2D eigenvalue weighted by Crippen LogP contribution is 2.07. The summed E-state index contributed by atoms with van der Waals surface area (Å²) in [5.41, 5.74) is 0. The third-order valence-corrected chi connectivity index (χ3v) is 2.27. The Morgan fingerprint density at radius 3 is 2.57 bits per heavy atom. The number of hydrogen-bond donors (Lipinski definition) is 0. The minimum absolute atomic E-state index is 0.0838. The number of likely N-dealkylation sites (N-methyl/N-ethyl adjacent to an activating group) is 1. The number of amides is 1. The summed E-state index contributed by atoms with van der Waals surface area (Å²) in [7, 11) is 0. The van der Waals surface area contributed by atoms with Crippen LogP contribution in [0.4, 0.5) is 0 Å². The van der Waals surface area contributed by atoms with Gasteiger partial charge in [-0.2, -0.15) is 5.10 Å². The van der Waals surface area contributed by atoms with E-state index >= 15 is 0 Å². The summed E-state index contributed by atoms with van der Waals surface area (Å²) in [5.74, 6) is 0.0838. The molecule has 1 unspecified atom stereocenters. The van der Waals surface area contributed by atoms with Gasteiger partial charge in [0.25, 0.3) is 0 Å². The van der Waals surface area contributed by atoms with Gasteiger partial charge in [-0.3, -0.25) is 4.79 Å². The number of hydrogen-bond acceptors (Lipinski definition) is 3. The molecule has 5 nitrogen and oxygen atoms in total. The van der Waals surface area contributed by atoms with Crippen LogP contribution >= 0.6 is 0 Å². The van der Waals surface area contributed by atoms with Crippen LogP contribution in [0.3, 0.4) is 0 Å². The van der Waals surface area contributed by atoms with Crippen molar-refractivity contribution in [3.63, 3.8) is 0 Å². The average Bonchev–Trinajstić information content (AvgIpc) is 2.71. The minimum Gasteiger partial charge on any atom is -0.341 e. The van der Waals surface area contributed by atoms with Crippen molar-refractivity contribution < 1.29 is 4.79 Å². The molecule has 78 valence electrons. The predicted octanol–water partition coefficient (Wildman–Crippen LogP) is 0.708. The van der Waals surface area contributed by atoms with Gasteiger partial charge in [0.05, 0.1) is 0 Å². The molecule has 0 spiro atoms. The van der Waals surface area contributed by atoms with E-state index in [4.69, 9.17) is 0 Å². The molecule has 5 heteroatoms. The molecule has 1 amide bonds. The summed E-state index contributed by atoms with van der Waals surface area (Å²) in [6, 6.07) is -0.266. The first kappa shape index (κ1) is 10.7. The molecule has 0 radical (unpaired) electrons. The van der Waals surface area contributed by atoms with Crippen molar-refractivity contribution in [2.24, 2.45) is 0 Å². The van der Waals surface area contributed by atoms with Crippen LogP contribution in [0.5, 0.6) is 0 Å². The van der Waals surface area contributed by atoms with Crippen LogP contribution in [0.1, 0.15) is 26.8 Å². The van der Waals surface area contributed by atoms with Crippen LogP contribution in [0.2, 0.25) is 0 Å². The zero-order valence-electron chi connectivity index (χ0n) is 8.84. The molecule has 0 aromatic carbocycles. The Hall–Kier alpha value is -1.39. The molecule has 0 bridgehead atoms. The Balaban J connectivity index is 2.69. The van der Waals surface area contributed by atoms with Crippen LogP contribution in [-0.4, -0.2) is 38.7 Å². The molecule has 0 saturated carbocycles. The standard InChI is InChI=1S/C9H16N4O/c1-4-12(5-2)9(14)8(3)13-7-10-6-11-13/h6-8H,4-5H2,1-3H3. The molecule has 1 rings (SSSR count). The van der Waals surface area contributed by atoms with Gasteiger partial charge in [-0.25, -0.2) is 9.67 Å². The molecule has 1 atom stereocenters. The van der Waals surface area contributed by atoms with E-state index in [1.165, 1.54) is 6.33 Å². The number of rotatable bonds is 4. The molecule has 14 heavy (non-hydrogen) atoms. The lowest BCUT2D eigenvalue weighted by Crippen LogP contribution is -2.36. The highest BCUT2D eigenvalue weighted by Gasteiger charge is 2.19. The fourth-order valence-electron chi connectivity index (χ4n) is 1.33. The summed E-state index contributed by atoms with van der Waals surface area (Å²) in [6.07, 6.45) is 3.00. The Bertz CT molecular complexity index is 279. The van der Waals surface area contributed by atoms with Crippen molar-refractivity contribution in [1.82, 2.24) is 19.7 Å². The van der Waals surface area contributed by atoms with Gasteiger partial charge in [0.15, 0.2) is 0 Å². The van der Waals surface area contributed by atoms with Crippen LogP contribution in [0.25, 0.3) is 0 Å². The van der Waals surface area contributed by atoms with Crippen LogP contribution in [-0.2, 0) is 4.79 Å². The lowest BCUT2D eigenvalue weighted by molar-refractivity contribution is -0.134. The summed E-state index contributed by atoms with van der Waals surface area (Å²) in [4.78, 5) is 17.4. The Kier molecular flexibility index (Phi) is 3.62. The molecule has 0 saturated heterocycles. The largest absolute Gasteiger partial charge is 0.341 e. The van der Waals surface area contributed by atoms with E-state index in [0.29, 0.717) is 0 Å². The SMILES string of the molecule is CCN(CC)C(=O)C(C)n1cncn1. The van der Waals surface area contributed by atoms with Crippen molar-refractivity contribution in [3.05, 3.63) is 12.7 Å². The molecule has 0 aliphatic carbocycles. The summed E-state index contributed by atoms with van der Waals surface area (Å²) in [6.45, 7) is 7.23. The van der Waals surface area contributed by atoms with E-state index in [1.54, 1.807) is 15.9 Å². The van der Waals surface area contributed by atoms with Gasteiger partial charge in [0.2, 0.25) is 5.91 Å². The van der Waals surface area contributed by atoms with E-state index < -0.39 is 0 Å². The molecule has 0 aliphatic heterocycles. The highest BCUT2D eigenvalue weighted by atomic mass is 16.2. The fourth-order valence-corrected chi connectivity index (χ4v) is 1.33. The van der Waals surface area contributed by atoms with Gasteiger partial charge < -0.3 is 4.90 Å². The van der Waals surface area contributed by atoms with Crippen molar-refractivity contribution in [2.75, 3.05) is 13.1 Å². The number of nitrogens with zero attached hydrogens (tertiary/aromatic N) is 4. The summed E-state index contributed by atoms with van der Waals surface area (Å²) >= 11 is 0. The fraction of sp³-hybridized carbons (Fsp3) is 0.667. The van der Waals surface area contributed by atoms with Gasteiger partial charge >= 0.3 is 0 Å². The molecular weight excluding hydrogens is 180 g/mol. The molecule has 0 fully saturated rings. The number of carbonyl (C=O) groups is 1. The minimum atomic E-state index is -0.266. The second-order valence-electron chi connectivity index (χ2n) is 3.06. The molecule has 1 aromatic heterocycles. The van der Waals surface area contributed by atoms with Crippen LogP contribution in [0, 0.1) is 0 Å². The van der Waals surface area contributed by atoms with Gasteiger partial charge in [0, 0.05) is 13.1 Å². The van der Waals surface area contributed by atoms with Crippen molar-refractivity contribution in [2.45, 2.75) is 26.8 Å². The Morgan fingerprint density at radius 1 is 1.50 bits per heavy atom. The first-order valence-electron chi connectivity index (χ1n) is 4.83. The normalized spacial score (nSPS) is 12.5. The van der Waals surface area contributed by atoms with Crippen LogP contribution < -0.4 is 0 Å². The molecular formula is C9H16N4O.